The molecule has 0 saturated heterocycles. The van der Waals surface area contributed by atoms with Crippen LogP contribution < -0.4 is 19.3 Å². The van der Waals surface area contributed by atoms with Crippen LogP contribution in [0.25, 0.3) is 10.9 Å². The SMILES string of the molecule is COc1ccc(S(=O)(=O)Nc2c(C(=O)[O-])[nH]c3ccc(C)cc23)c(OC)c1. The van der Waals surface area contributed by atoms with E-state index >= 15 is 0 Å². The number of carbonyl (C=O) groups is 1. The van der Waals surface area contributed by atoms with Crippen molar-refractivity contribution in [1.82, 2.24) is 4.98 Å². The lowest BCUT2D eigenvalue weighted by atomic mass is 10.1. The molecule has 3 rings (SSSR count). The predicted molar refractivity (Wildman–Crippen MR) is 97.7 cm³/mol. The van der Waals surface area contributed by atoms with Crippen LogP contribution in [0.4, 0.5) is 5.69 Å². The summed E-state index contributed by atoms with van der Waals surface area (Å²) in [5.74, 6) is -1.04. The minimum Gasteiger partial charge on any atom is -0.543 e. The number of methoxy groups -OCH3 is 2. The molecule has 0 radical (unpaired) electrons. The van der Waals surface area contributed by atoms with Crippen molar-refractivity contribution < 1.29 is 27.8 Å². The van der Waals surface area contributed by atoms with Gasteiger partial charge in [0.05, 0.1) is 31.6 Å². The molecule has 2 aromatic carbocycles. The van der Waals surface area contributed by atoms with Gasteiger partial charge >= 0.3 is 0 Å². The first-order valence-electron chi connectivity index (χ1n) is 7.85. The highest BCUT2D eigenvalue weighted by Gasteiger charge is 2.24. The molecule has 1 aromatic heterocycles. The second-order valence-electron chi connectivity index (χ2n) is 5.83. The molecule has 142 valence electrons. The lowest BCUT2D eigenvalue weighted by Crippen LogP contribution is -2.25. The van der Waals surface area contributed by atoms with Crippen LogP contribution in [0, 0.1) is 6.92 Å². The largest absolute Gasteiger partial charge is 0.543 e. The molecule has 0 aliphatic carbocycles. The fraction of sp³-hybridized carbons (Fsp3) is 0.167. The van der Waals surface area contributed by atoms with Crippen LogP contribution in [0.3, 0.4) is 0 Å². The number of hydrogen-bond donors (Lipinski definition) is 2. The summed E-state index contributed by atoms with van der Waals surface area (Å²) in [5.41, 5.74) is 0.867. The Balaban J connectivity index is 2.15. The monoisotopic (exact) mass is 389 g/mol. The summed E-state index contributed by atoms with van der Waals surface area (Å²) < 4.78 is 38.4. The van der Waals surface area contributed by atoms with Crippen molar-refractivity contribution in [3.8, 4) is 11.5 Å². The Morgan fingerprint density at radius 1 is 1.11 bits per heavy atom. The second kappa shape index (κ2) is 6.84. The minimum atomic E-state index is -4.15. The van der Waals surface area contributed by atoms with Crippen LogP contribution in [0.2, 0.25) is 0 Å². The highest BCUT2D eigenvalue weighted by molar-refractivity contribution is 7.92. The third-order valence-electron chi connectivity index (χ3n) is 4.05. The zero-order valence-electron chi connectivity index (χ0n) is 14.8. The molecule has 0 aliphatic heterocycles. The molecular formula is C18H17N2O6S-. The van der Waals surface area contributed by atoms with Crippen molar-refractivity contribution in [1.29, 1.82) is 0 Å². The van der Waals surface area contributed by atoms with Crippen molar-refractivity contribution in [2.75, 3.05) is 18.9 Å². The lowest BCUT2D eigenvalue weighted by Gasteiger charge is -2.14. The Labute approximate surface area is 155 Å². The second-order valence-corrected chi connectivity index (χ2v) is 7.48. The van der Waals surface area contributed by atoms with Crippen LogP contribution in [0.1, 0.15) is 16.1 Å². The van der Waals surface area contributed by atoms with E-state index in [0.29, 0.717) is 16.7 Å². The molecule has 0 bridgehead atoms. The van der Waals surface area contributed by atoms with E-state index in [1.165, 1.54) is 32.4 Å². The molecule has 0 atom stereocenters. The third-order valence-corrected chi connectivity index (χ3v) is 5.44. The summed E-state index contributed by atoms with van der Waals surface area (Å²) in [5, 5.41) is 11.9. The van der Waals surface area contributed by atoms with Gasteiger partial charge in [0.2, 0.25) is 0 Å². The number of ether oxygens (including phenoxy) is 2. The molecule has 2 N–H and O–H groups in total. The van der Waals surface area contributed by atoms with E-state index in [1.54, 1.807) is 18.2 Å². The molecule has 8 nitrogen and oxygen atoms in total. The maximum Gasteiger partial charge on any atom is 0.265 e. The number of anilines is 1. The number of H-pyrrole nitrogens is 1. The molecule has 9 heteroatoms. The molecule has 0 unspecified atom stereocenters. The Hall–Kier alpha value is -3.20. The van der Waals surface area contributed by atoms with Gasteiger partial charge in [0.15, 0.2) is 0 Å². The average Bonchev–Trinajstić information content (AvgIpc) is 2.98. The van der Waals surface area contributed by atoms with Crippen LogP contribution >= 0.6 is 0 Å². The first-order chi connectivity index (χ1) is 12.8. The highest BCUT2D eigenvalue weighted by atomic mass is 32.2. The molecule has 0 fully saturated rings. The predicted octanol–water partition coefficient (Wildman–Crippen LogP) is 1.66. The van der Waals surface area contributed by atoms with Gasteiger partial charge in [-0.3, -0.25) is 4.72 Å². The molecule has 0 aliphatic rings. The Kier molecular flexibility index (Phi) is 4.71. The number of benzene rings is 2. The van der Waals surface area contributed by atoms with Crippen LogP contribution in [0.5, 0.6) is 11.5 Å². The van der Waals surface area contributed by atoms with E-state index in [9.17, 15) is 18.3 Å². The van der Waals surface area contributed by atoms with Crippen molar-refractivity contribution in [3.05, 3.63) is 47.7 Å². The molecule has 0 spiro atoms. The fourth-order valence-electron chi connectivity index (χ4n) is 2.75. The fourth-order valence-corrected chi connectivity index (χ4v) is 4.00. The standard InChI is InChI=1S/C18H18N2O6S/c1-10-4-6-13-12(8-10)16(17(19-13)18(21)22)20-27(23,24)15-7-5-11(25-2)9-14(15)26-3/h4-9,19-20H,1-3H3,(H,21,22)/p-1. The van der Waals surface area contributed by atoms with Gasteiger partial charge in [-0.2, -0.15) is 0 Å². The van der Waals surface area contributed by atoms with Crippen molar-refractivity contribution in [2.45, 2.75) is 11.8 Å². The number of hydrogen-bond acceptors (Lipinski definition) is 6. The third kappa shape index (κ3) is 3.41. The molecule has 0 saturated carbocycles. The van der Waals surface area contributed by atoms with E-state index in [0.717, 1.165) is 5.56 Å². The zero-order valence-corrected chi connectivity index (χ0v) is 15.6. The number of rotatable bonds is 6. The van der Waals surface area contributed by atoms with Gasteiger partial charge in [0.25, 0.3) is 10.0 Å². The Morgan fingerprint density at radius 3 is 2.48 bits per heavy atom. The number of carboxylic acids is 1. The van der Waals surface area contributed by atoms with Gasteiger partial charge in [-0.05, 0) is 31.2 Å². The summed E-state index contributed by atoms with van der Waals surface area (Å²) in [6.45, 7) is 1.82. The van der Waals surface area contributed by atoms with E-state index in [-0.39, 0.29) is 22.0 Å². The number of aromatic carboxylic acids is 1. The average molecular weight is 389 g/mol. The number of carbonyl (C=O) groups excluding carboxylic acids is 1. The van der Waals surface area contributed by atoms with Gasteiger partial charge in [0, 0.05) is 17.0 Å². The summed E-state index contributed by atoms with van der Waals surface area (Å²) in [6, 6.07) is 9.34. The van der Waals surface area contributed by atoms with E-state index < -0.39 is 16.0 Å². The Bertz CT molecular complexity index is 1130. The van der Waals surface area contributed by atoms with Crippen molar-refractivity contribution in [3.63, 3.8) is 0 Å². The van der Waals surface area contributed by atoms with Gasteiger partial charge in [0.1, 0.15) is 16.4 Å². The van der Waals surface area contributed by atoms with Gasteiger partial charge < -0.3 is 24.4 Å². The van der Waals surface area contributed by atoms with Gasteiger partial charge in [-0.1, -0.05) is 11.6 Å². The van der Waals surface area contributed by atoms with Gasteiger partial charge in [-0.25, -0.2) is 8.42 Å². The summed E-state index contributed by atoms with van der Waals surface area (Å²) in [7, 11) is -1.38. The molecule has 1 heterocycles. The van der Waals surface area contributed by atoms with Crippen LogP contribution in [-0.2, 0) is 10.0 Å². The maximum atomic E-state index is 12.9. The van der Waals surface area contributed by atoms with Gasteiger partial charge in [-0.15, -0.1) is 0 Å². The topological polar surface area (TPSA) is 121 Å². The minimum absolute atomic E-state index is 0.0628. The van der Waals surface area contributed by atoms with Crippen molar-refractivity contribution in [2.24, 2.45) is 0 Å². The number of fused-ring (bicyclic) bond motifs is 1. The van der Waals surface area contributed by atoms with E-state index in [4.69, 9.17) is 9.47 Å². The highest BCUT2D eigenvalue weighted by Crippen LogP contribution is 2.33. The zero-order chi connectivity index (χ0) is 19.8. The van der Waals surface area contributed by atoms with E-state index in [1.807, 2.05) is 6.92 Å². The smallest absolute Gasteiger partial charge is 0.265 e. The molecular weight excluding hydrogens is 372 g/mol. The molecule has 27 heavy (non-hydrogen) atoms. The molecule has 0 amide bonds. The Morgan fingerprint density at radius 2 is 1.85 bits per heavy atom. The van der Waals surface area contributed by atoms with Crippen molar-refractivity contribution >= 4 is 32.6 Å². The molecule has 3 aromatic rings. The first kappa shape index (κ1) is 18.6. The van der Waals surface area contributed by atoms with Crippen LogP contribution in [-0.4, -0.2) is 33.6 Å². The quantitative estimate of drug-likeness (QED) is 0.661. The van der Waals surface area contributed by atoms with Crippen LogP contribution in [0.15, 0.2) is 41.3 Å². The number of nitrogens with one attached hydrogen (secondary N) is 2. The summed E-state index contributed by atoms with van der Waals surface area (Å²) >= 11 is 0. The lowest BCUT2D eigenvalue weighted by molar-refractivity contribution is -0.255. The number of aromatic amines is 1. The maximum absolute atomic E-state index is 12.9. The number of sulfonamides is 1. The summed E-state index contributed by atoms with van der Waals surface area (Å²) in [4.78, 5) is 14.0. The van der Waals surface area contributed by atoms with E-state index in [2.05, 4.69) is 9.71 Å². The number of carboxylic acid groups (broad SMARTS) is 1. The normalized spacial score (nSPS) is 11.4. The summed E-state index contributed by atoms with van der Waals surface area (Å²) in [6.07, 6.45) is 0. The number of aryl methyl sites for hydroxylation is 1. The first-order valence-corrected chi connectivity index (χ1v) is 9.33. The number of aromatic nitrogens is 1.